The smallest absolute Gasteiger partial charge is 0.191 e. The van der Waals surface area contributed by atoms with Crippen LogP contribution in [-0.2, 0) is 6.54 Å². The maximum Gasteiger partial charge on any atom is 0.191 e. The zero-order valence-electron chi connectivity index (χ0n) is 16.6. The molecule has 0 amide bonds. The van der Waals surface area contributed by atoms with Crippen molar-refractivity contribution in [3.63, 3.8) is 0 Å². The highest BCUT2D eigenvalue weighted by Gasteiger charge is 2.07. The number of ether oxygens (including phenoxy) is 1. The number of aliphatic imine (C=N–C) groups is 1. The van der Waals surface area contributed by atoms with Crippen molar-refractivity contribution < 1.29 is 9.13 Å². The Balaban J connectivity index is 1.91. The summed E-state index contributed by atoms with van der Waals surface area (Å²) in [5, 5.41) is 15.3. The second-order valence-corrected chi connectivity index (χ2v) is 6.50. The van der Waals surface area contributed by atoms with E-state index in [9.17, 15) is 4.39 Å². The van der Waals surface area contributed by atoms with Gasteiger partial charge >= 0.3 is 0 Å². The molecule has 148 valence electrons. The van der Waals surface area contributed by atoms with Gasteiger partial charge in [0.1, 0.15) is 11.6 Å². The van der Waals surface area contributed by atoms with E-state index in [0.29, 0.717) is 23.0 Å². The second-order valence-electron chi connectivity index (χ2n) is 6.50. The van der Waals surface area contributed by atoms with Gasteiger partial charge in [-0.3, -0.25) is 0 Å². The van der Waals surface area contributed by atoms with Crippen molar-refractivity contribution in [2.45, 2.75) is 32.7 Å². The number of rotatable bonds is 8. The summed E-state index contributed by atoms with van der Waals surface area (Å²) in [5.74, 6) is 1.47. The van der Waals surface area contributed by atoms with E-state index in [1.807, 2.05) is 25.1 Å². The Morgan fingerprint density at radius 3 is 2.57 bits per heavy atom. The Labute approximate surface area is 166 Å². The van der Waals surface area contributed by atoms with Gasteiger partial charge in [0.25, 0.3) is 0 Å². The van der Waals surface area contributed by atoms with Gasteiger partial charge in [-0.25, -0.2) is 9.38 Å². The maximum atomic E-state index is 14.0. The van der Waals surface area contributed by atoms with Gasteiger partial charge in [-0.05, 0) is 49.1 Å². The molecule has 2 aromatic carbocycles. The van der Waals surface area contributed by atoms with Crippen LogP contribution in [0.25, 0.3) is 0 Å². The number of hydrogen-bond acceptors (Lipinski definition) is 3. The Hall–Kier alpha value is -3.07. The Kier molecular flexibility index (Phi) is 8.29. The molecule has 1 unspecified atom stereocenters. The van der Waals surface area contributed by atoms with Crippen LogP contribution in [0.1, 0.15) is 42.9 Å². The predicted molar refractivity (Wildman–Crippen MR) is 110 cm³/mol. The molecule has 0 aliphatic carbocycles. The summed E-state index contributed by atoms with van der Waals surface area (Å²) in [5.41, 5.74) is 2.02. The highest BCUT2D eigenvalue weighted by atomic mass is 19.1. The van der Waals surface area contributed by atoms with Crippen LogP contribution in [0.2, 0.25) is 0 Å². The van der Waals surface area contributed by atoms with E-state index in [-0.39, 0.29) is 6.54 Å². The van der Waals surface area contributed by atoms with Gasteiger partial charge < -0.3 is 15.4 Å². The molecule has 0 saturated carbocycles. The molecule has 0 heterocycles. The summed E-state index contributed by atoms with van der Waals surface area (Å²) < 4.78 is 19.2. The van der Waals surface area contributed by atoms with E-state index in [1.165, 1.54) is 11.6 Å². The lowest BCUT2D eigenvalue weighted by Crippen LogP contribution is -2.38. The molecule has 0 fully saturated rings. The van der Waals surface area contributed by atoms with Crippen LogP contribution in [0, 0.1) is 17.1 Å². The topological polar surface area (TPSA) is 69.4 Å². The number of nitriles is 1. The SMILES string of the molecule is CCNC(=NCc1ccc(C#N)cc1F)NCCC(C)c1ccc(OC)cc1. The summed E-state index contributed by atoms with van der Waals surface area (Å²) in [4.78, 5) is 4.45. The summed E-state index contributed by atoms with van der Waals surface area (Å²) >= 11 is 0. The number of nitrogens with one attached hydrogen (secondary N) is 2. The van der Waals surface area contributed by atoms with E-state index in [1.54, 1.807) is 19.2 Å². The third-order valence-electron chi connectivity index (χ3n) is 4.49. The predicted octanol–water partition coefficient (Wildman–Crippen LogP) is 3.95. The van der Waals surface area contributed by atoms with E-state index >= 15 is 0 Å². The second kappa shape index (κ2) is 10.9. The largest absolute Gasteiger partial charge is 0.497 e. The van der Waals surface area contributed by atoms with Crippen LogP contribution in [0.3, 0.4) is 0 Å². The van der Waals surface area contributed by atoms with E-state index in [4.69, 9.17) is 10.00 Å². The van der Waals surface area contributed by atoms with Crippen molar-refractivity contribution in [2.24, 2.45) is 4.99 Å². The highest BCUT2D eigenvalue weighted by Crippen LogP contribution is 2.21. The van der Waals surface area contributed by atoms with E-state index in [0.717, 1.165) is 25.3 Å². The molecule has 2 N–H and O–H groups in total. The fourth-order valence-corrected chi connectivity index (χ4v) is 2.76. The zero-order valence-corrected chi connectivity index (χ0v) is 16.6. The summed E-state index contributed by atoms with van der Waals surface area (Å²) in [6.45, 7) is 5.84. The summed E-state index contributed by atoms with van der Waals surface area (Å²) in [6.07, 6.45) is 0.933. The fraction of sp³-hybridized carbons (Fsp3) is 0.364. The Morgan fingerprint density at radius 2 is 1.96 bits per heavy atom. The van der Waals surface area contributed by atoms with Gasteiger partial charge in [0.05, 0.1) is 25.3 Å². The third-order valence-corrected chi connectivity index (χ3v) is 4.49. The van der Waals surface area contributed by atoms with Crippen molar-refractivity contribution in [2.75, 3.05) is 20.2 Å². The molecule has 5 nitrogen and oxygen atoms in total. The lowest BCUT2D eigenvalue weighted by molar-refractivity contribution is 0.414. The molecule has 2 rings (SSSR count). The molecule has 0 radical (unpaired) electrons. The van der Waals surface area contributed by atoms with Crippen molar-refractivity contribution in [1.29, 1.82) is 5.26 Å². The molecular weight excluding hydrogens is 355 g/mol. The number of halogens is 1. The van der Waals surface area contributed by atoms with Gasteiger partial charge in [0, 0.05) is 18.7 Å². The molecule has 1 atom stereocenters. The molecule has 0 saturated heterocycles. The first-order valence-electron chi connectivity index (χ1n) is 9.42. The first kappa shape index (κ1) is 21.2. The Morgan fingerprint density at radius 1 is 1.21 bits per heavy atom. The van der Waals surface area contributed by atoms with E-state index in [2.05, 4.69) is 34.7 Å². The molecule has 0 aliphatic heterocycles. The van der Waals surface area contributed by atoms with Crippen molar-refractivity contribution in [3.05, 3.63) is 65.0 Å². The highest BCUT2D eigenvalue weighted by molar-refractivity contribution is 5.79. The average Bonchev–Trinajstić information content (AvgIpc) is 2.72. The van der Waals surface area contributed by atoms with Crippen molar-refractivity contribution in [1.82, 2.24) is 10.6 Å². The minimum absolute atomic E-state index is 0.209. The van der Waals surface area contributed by atoms with Crippen LogP contribution < -0.4 is 15.4 Å². The first-order chi connectivity index (χ1) is 13.6. The fourth-order valence-electron chi connectivity index (χ4n) is 2.76. The average molecular weight is 382 g/mol. The van der Waals surface area contributed by atoms with Crippen LogP contribution in [0.15, 0.2) is 47.5 Å². The zero-order chi connectivity index (χ0) is 20.4. The van der Waals surface area contributed by atoms with Gasteiger partial charge in [-0.15, -0.1) is 0 Å². The number of benzene rings is 2. The van der Waals surface area contributed by atoms with E-state index < -0.39 is 5.82 Å². The molecule has 0 aliphatic rings. The molecule has 0 spiro atoms. The monoisotopic (exact) mass is 382 g/mol. The number of guanidine groups is 1. The van der Waals surface area contributed by atoms with Gasteiger partial charge in [0.2, 0.25) is 0 Å². The number of hydrogen-bond donors (Lipinski definition) is 2. The maximum absolute atomic E-state index is 14.0. The Bertz CT molecular complexity index is 827. The molecule has 6 heteroatoms. The number of methoxy groups -OCH3 is 1. The van der Waals surface area contributed by atoms with Crippen molar-refractivity contribution in [3.8, 4) is 11.8 Å². The van der Waals surface area contributed by atoms with Crippen LogP contribution in [0.5, 0.6) is 5.75 Å². The molecule has 0 bridgehead atoms. The normalized spacial score (nSPS) is 12.2. The summed E-state index contributed by atoms with van der Waals surface area (Å²) in [6, 6.07) is 14.5. The first-order valence-corrected chi connectivity index (χ1v) is 9.42. The molecule has 2 aromatic rings. The minimum atomic E-state index is -0.410. The van der Waals surface area contributed by atoms with Crippen LogP contribution in [-0.4, -0.2) is 26.2 Å². The quantitative estimate of drug-likeness (QED) is 0.536. The molecule has 28 heavy (non-hydrogen) atoms. The van der Waals surface area contributed by atoms with Crippen LogP contribution in [0.4, 0.5) is 4.39 Å². The minimum Gasteiger partial charge on any atom is -0.497 e. The van der Waals surface area contributed by atoms with Gasteiger partial charge in [0.15, 0.2) is 5.96 Å². The molecule has 0 aromatic heterocycles. The van der Waals surface area contributed by atoms with Crippen LogP contribution >= 0.6 is 0 Å². The molecular formula is C22H27FN4O. The standard InChI is InChI=1S/C22H27FN4O/c1-4-25-22(27-15-19-6-5-17(14-24)13-21(19)23)26-12-11-16(2)18-7-9-20(28-3)10-8-18/h5-10,13,16H,4,11-12,15H2,1-3H3,(H2,25,26,27). The third kappa shape index (κ3) is 6.27. The summed E-state index contributed by atoms with van der Waals surface area (Å²) in [7, 11) is 1.66. The lowest BCUT2D eigenvalue weighted by Gasteiger charge is -2.15. The van der Waals surface area contributed by atoms with Gasteiger partial charge in [-0.1, -0.05) is 25.1 Å². The van der Waals surface area contributed by atoms with Gasteiger partial charge in [-0.2, -0.15) is 5.26 Å². The number of nitrogens with zero attached hydrogens (tertiary/aromatic N) is 2. The van der Waals surface area contributed by atoms with Crippen molar-refractivity contribution >= 4 is 5.96 Å². The lowest BCUT2D eigenvalue weighted by atomic mass is 9.98.